The summed E-state index contributed by atoms with van der Waals surface area (Å²) < 4.78 is 0. The summed E-state index contributed by atoms with van der Waals surface area (Å²) in [5.74, 6) is 0.0935. The van der Waals surface area contributed by atoms with Crippen LogP contribution in [0.2, 0.25) is 0 Å². The van der Waals surface area contributed by atoms with Crippen LogP contribution in [-0.2, 0) is 0 Å². The third-order valence-corrected chi connectivity index (χ3v) is 3.99. The molecule has 1 atom stereocenters. The molecule has 0 saturated carbocycles. The molecule has 0 aliphatic carbocycles. The first kappa shape index (κ1) is 14.7. The van der Waals surface area contributed by atoms with Crippen molar-refractivity contribution in [3.8, 4) is 0 Å². The fourth-order valence-corrected chi connectivity index (χ4v) is 2.98. The molecule has 1 aliphatic heterocycles. The third-order valence-electron chi connectivity index (χ3n) is 3.99. The van der Waals surface area contributed by atoms with Crippen molar-refractivity contribution in [3.63, 3.8) is 0 Å². The predicted octanol–water partition coefficient (Wildman–Crippen LogP) is 2.49. The summed E-state index contributed by atoms with van der Waals surface area (Å²) in [6.07, 6.45) is 0. The first-order valence-corrected chi connectivity index (χ1v) is 7.66. The number of benzene rings is 1. The largest absolute Gasteiger partial charge is 0.335 e. The highest BCUT2D eigenvalue weighted by molar-refractivity contribution is 5.94. The minimum atomic E-state index is 0.0935. The third kappa shape index (κ3) is 3.17. The first-order valence-electron chi connectivity index (χ1n) is 7.66. The van der Waals surface area contributed by atoms with Crippen molar-refractivity contribution in [2.45, 2.75) is 19.9 Å². The average Bonchev–Trinajstić information content (AvgIpc) is 2.54. The second kappa shape index (κ2) is 6.28. The van der Waals surface area contributed by atoms with Gasteiger partial charge in [-0.2, -0.15) is 0 Å². The van der Waals surface area contributed by atoms with E-state index in [-0.39, 0.29) is 11.9 Å². The van der Waals surface area contributed by atoms with Gasteiger partial charge in [0.2, 0.25) is 0 Å². The van der Waals surface area contributed by atoms with E-state index in [4.69, 9.17) is 0 Å². The first-order chi connectivity index (χ1) is 10.6. The lowest BCUT2D eigenvalue weighted by Crippen LogP contribution is -2.48. The molecule has 22 heavy (non-hydrogen) atoms. The molecule has 2 aromatic rings. The van der Waals surface area contributed by atoms with Gasteiger partial charge >= 0.3 is 0 Å². The zero-order valence-electron chi connectivity index (χ0n) is 13.0. The molecule has 4 heteroatoms. The monoisotopic (exact) mass is 295 g/mol. The highest BCUT2D eigenvalue weighted by Gasteiger charge is 2.25. The van der Waals surface area contributed by atoms with Gasteiger partial charge in [0.25, 0.3) is 5.91 Å². The molecule has 1 saturated heterocycles. The van der Waals surface area contributed by atoms with E-state index >= 15 is 0 Å². The van der Waals surface area contributed by atoms with Gasteiger partial charge < -0.3 is 10.2 Å². The Kier molecular flexibility index (Phi) is 4.20. The number of hydrogen-bond donors (Lipinski definition) is 1. The molecule has 1 fully saturated rings. The average molecular weight is 295 g/mol. The molecular weight excluding hydrogens is 274 g/mol. The molecule has 0 spiro atoms. The van der Waals surface area contributed by atoms with Gasteiger partial charge in [-0.1, -0.05) is 30.3 Å². The molecule has 114 valence electrons. The standard InChI is InChI=1S/C18H21N3O/c1-13-10-16(11-14(2)20-13)18(22)21-9-8-19-17(12-21)15-6-4-3-5-7-15/h3-7,10-11,17,19H,8-9,12H2,1-2H3/t17-/m1/s1. The Morgan fingerprint density at radius 2 is 1.86 bits per heavy atom. The Bertz CT molecular complexity index is 649. The maximum absolute atomic E-state index is 12.8. The zero-order valence-corrected chi connectivity index (χ0v) is 13.0. The lowest BCUT2D eigenvalue weighted by molar-refractivity contribution is 0.0702. The smallest absolute Gasteiger partial charge is 0.254 e. The second-order valence-electron chi connectivity index (χ2n) is 5.81. The van der Waals surface area contributed by atoms with Crippen molar-refractivity contribution in [2.24, 2.45) is 0 Å². The van der Waals surface area contributed by atoms with Crippen molar-refractivity contribution in [1.82, 2.24) is 15.2 Å². The van der Waals surface area contributed by atoms with Crippen LogP contribution < -0.4 is 5.32 Å². The van der Waals surface area contributed by atoms with E-state index < -0.39 is 0 Å². The molecule has 4 nitrogen and oxygen atoms in total. The normalized spacial score (nSPS) is 18.3. The number of carbonyl (C=O) groups excluding carboxylic acids is 1. The topological polar surface area (TPSA) is 45.2 Å². The van der Waals surface area contributed by atoms with Crippen LogP contribution in [0.25, 0.3) is 0 Å². The van der Waals surface area contributed by atoms with Crippen molar-refractivity contribution < 1.29 is 4.79 Å². The number of piperazine rings is 1. The van der Waals surface area contributed by atoms with Crippen LogP contribution in [0.4, 0.5) is 0 Å². The summed E-state index contributed by atoms with van der Waals surface area (Å²) in [5.41, 5.74) is 3.73. The molecule has 0 radical (unpaired) electrons. The van der Waals surface area contributed by atoms with Crippen molar-refractivity contribution in [1.29, 1.82) is 0 Å². The number of aromatic nitrogens is 1. The number of carbonyl (C=O) groups is 1. The van der Waals surface area contributed by atoms with Crippen molar-refractivity contribution in [3.05, 3.63) is 65.0 Å². The number of pyridine rings is 1. The summed E-state index contributed by atoms with van der Waals surface area (Å²) >= 11 is 0. The molecule has 0 unspecified atom stereocenters. The summed E-state index contributed by atoms with van der Waals surface area (Å²) in [7, 11) is 0. The molecule has 1 N–H and O–H groups in total. The lowest BCUT2D eigenvalue weighted by atomic mass is 10.0. The van der Waals surface area contributed by atoms with Gasteiger partial charge in [-0.15, -0.1) is 0 Å². The van der Waals surface area contributed by atoms with E-state index in [9.17, 15) is 4.79 Å². The van der Waals surface area contributed by atoms with Crippen LogP contribution in [0.3, 0.4) is 0 Å². The van der Waals surface area contributed by atoms with Crippen LogP contribution in [0, 0.1) is 13.8 Å². The molecule has 0 bridgehead atoms. The molecule has 1 aromatic carbocycles. The minimum absolute atomic E-state index is 0.0935. The molecule has 1 aliphatic rings. The van der Waals surface area contributed by atoms with Crippen molar-refractivity contribution >= 4 is 5.91 Å². The quantitative estimate of drug-likeness (QED) is 0.926. The molecule has 2 heterocycles. The van der Waals surface area contributed by atoms with Gasteiger partial charge in [0.1, 0.15) is 0 Å². The Morgan fingerprint density at radius 1 is 1.18 bits per heavy atom. The number of hydrogen-bond acceptors (Lipinski definition) is 3. The van der Waals surface area contributed by atoms with Gasteiger partial charge in [0.05, 0.1) is 0 Å². The number of nitrogens with one attached hydrogen (secondary N) is 1. The number of amides is 1. The summed E-state index contributed by atoms with van der Waals surface area (Å²) in [6, 6.07) is 14.2. The fraction of sp³-hybridized carbons (Fsp3) is 0.333. The zero-order chi connectivity index (χ0) is 15.5. The molecule has 1 amide bonds. The minimum Gasteiger partial charge on any atom is -0.335 e. The van der Waals surface area contributed by atoms with Gasteiger partial charge in [0.15, 0.2) is 0 Å². The maximum atomic E-state index is 12.8. The number of nitrogens with zero attached hydrogens (tertiary/aromatic N) is 2. The van der Waals surface area contributed by atoms with Crippen LogP contribution in [0.15, 0.2) is 42.5 Å². The summed E-state index contributed by atoms with van der Waals surface area (Å²) in [5, 5.41) is 3.49. The van der Waals surface area contributed by atoms with Crippen LogP contribution in [0.1, 0.15) is 33.4 Å². The van der Waals surface area contributed by atoms with Gasteiger partial charge in [-0.05, 0) is 31.5 Å². The highest BCUT2D eigenvalue weighted by atomic mass is 16.2. The summed E-state index contributed by atoms with van der Waals surface area (Å²) in [4.78, 5) is 19.0. The molecule has 1 aromatic heterocycles. The van der Waals surface area contributed by atoms with Gasteiger partial charge in [-0.25, -0.2) is 0 Å². The highest BCUT2D eigenvalue weighted by Crippen LogP contribution is 2.19. The van der Waals surface area contributed by atoms with Gasteiger partial charge in [-0.3, -0.25) is 9.78 Å². The van der Waals surface area contributed by atoms with Gasteiger partial charge in [0, 0.05) is 42.6 Å². The van der Waals surface area contributed by atoms with E-state index in [2.05, 4.69) is 22.4 Å². The van der Waals surface area contributed by atoms with Crippen LogP contribution in [-0.4, -0.2) is 35.4 Å². The van der Waals surface area contributed by atoms with E-state index in [1.165, 1.54) is 5.56 Å². The Morgan fingerprint density at radius 3 is 2.55 bits per heavy atom. The molecule has 3 rings (SSSR count). The Labute approximate surface area is 131 Å². The maximum Gasteiger partial charge on any atom is 0.254 e. The van der Waals surface area contributed by atoms with Crippen molar-refractivity contribution in [2.75, 3.05) is 19.6 Å². The van der Waals surface area contributed by atoms with E-state index in [0.29, 0.717) is 6.54 Å². The van der Waals surface area contributed by atoms with Crippen LogP contribution >= 0.6 is 0 Å². The SMILES string of the molecule is Cc1cc(C(=O)N2CCN[C@@H](c3ccccc3)C2)cc(C)n1. The molecular formula is C18H21N3O. The number of aryl methyl sites for hydroxylation is 2. The number of rotatable bonds is 2. The Balaban J connectivity index is 1.78. The fourth-order valence-electron chi connectivity index (χ4n) is 2.98. The Hall–Kier alpha value is -2.20. The second-order valence-corrected chi connectivity index (χ2v) is 5.81. The predicted molar refractivity (Wildman–Crippen MR) is 86.8 cm³/mol. The lowest BCUT2D eigenvalue weighted by Gasteiger charge is -2.34. The van der Waals surface area contributed by atoms with Crippen LogP contribution in [0.5, 0.6) is 0 Å². The van der Waals surface area contributed by atoms with E-state index in [0.717, 1.165) is 30.0 Å². The van der Waals surface area contributed by atoms with E-state index in [1.54, 1.807) is 0 Å². The summed E-state index contributed by atoms with van der Waals surface area (Å²) in [6.45, 7) is 6.10. The van der Waals surface area contributed by atoms with E-state index in [1.807, 2.05) is 49.1 Å².